The number of benzene rings is 1. The van der Waals surface area contributed by atoms with Gasteiger partial charge in [-0.2, -0.15) is 0 Å². The number of ether oxygens (including phenoxy) is 1. The molecule has 1 aromatic rings. The van der Waals surface area contributed by atoms with E-state index in [9.17, 15) is 9.59 Å². The summed E-state index contributed by atoms with van der Waals surface area (Å²) >= 11 is 0. The van der Waals surface area contributed by atoms with Gasteiger partial charge in [-0.3, -0.25) is 9.69 Å². The van der Waals surface area contributed by atoms with Gasteiger partial charge in [-0.15, -0.1) is 0 Å². The van der Waals surface area contributed by atoms with Crippen LogP contribution >= 0.6 is 0 Å². The third-order valence-electron chi connectivity index (χ3n) is 3.76. The molecule has 0 aromatic heterocycles. The van der Waals surface area contributed by atoms with E-state index in [-0.39, 0.29) is 11.9 Å². The van der Waals surface area contributed by atoms with Gasteiger partial charge in [0.1, 0.15) is 6.04 Å². The third-order valence-corrected chi connectivity index (χ3v) is 3.76. The van der Waals surface area contributed by atoms with E-state index in [2.05, 4.69) is 0 Å². The first-order chi connectivity index (χ1) is 9.06. The average molecular weight is 261 g/mol. The Morgan fingerprint density at radius 1 is 1.37 bits per heavy atom. The Bertz CT molecular complexity index is 510. The lowest BCUT2D eigenvalue weighted by Crippen LogP contribution is -2.49. The van der Waals surface area contributed by atoms with E-state index in [0.717, 1.165) is 23.2 Å². The SMILES string of the molecule is COC(=O)C1CCCC(=O)N1c1cccc(C)c1C. The lowest BCUT2D eigenvalue weighted by molar-refractivity contribution is -0.144. The molecule has 1 aliphatic rings. The van der Waals surface area contributed by atoms with Crippen LogP contribution in [0.25, 0.3) is 0 Å². The monoisotopic (exact) mass is 261 g/mol. The van der Waals surface area contributed by atoms with Crippen LogP contribution in [-0.4, -0.2) is 25.0 Å². The third kappa shape index (κ3) is 2.48. The van der Waals surface area contributed by atoms with Crippen molar-refractivity contribution in [1.82, 2.24) is 0 Å². The lowest BCUT2D eigenvalue weighted by atomic mass is 9.98. The molecule has 19 heavy (non-hydrogen) atoms. The van der Waals surface area contributed by atoms with Crippen molar-refractivity contribution in [3.05, 3.63) is 29.3 Å². The maximum absolute atomic E-state index is 12.2. The van der Waals surface area contributed by atoms with Gasteiger partial charge in [0.2, 0.25) is 5.91 Å². The number of hydrogen-bond donors (Lipinski definition) is 0. The predicted molar refractivity (Wildman–Crippen MR) is 73.1 cm³/mol. The van der Waals surface area contributed by atoms with Crippen molar-refractivity contribution in [2.24, 2.45) is 0 Å². The van der Waals surface area contributed by atoms with Gasteiger partial charge < -0.3 is 4.74 Å². The summed E-state index contributed by atoms with van der Waals surface area (Å²) in [6.07, 6.45) is 1.88. The van der Waals surface area contributed by atoms with Crippen LogP contribution in [0, 0.1) is 13.8 Å². The average Bonchev–Trinajstić information content (AvgIpc) is 2.41. The maximum atomic E-state index is 12.2. The van der Waals surface area contributed by atoms with Gasteiger partial charge in [-0.05, 0) is 43.9 Å². The predicted octanol–water partition coefficient (Wildman–Crippen LogP) is 2.36. The van der Waals surface area contributed by atoms with Crippen molar-refractivity contribution in [2.75, 3.05) is 12.0 Å². The van der Waals surface area contributed by atoms with E-state index < -0.39 is 6.04 Å². The number of carbonyl (C=O) groups is 2. The van der Waals surface area contributed by atoms with Gasteiger partial charge in [0.15, 0.2) is 0 Å². The molecule has 1 fully saturated rings. The normalized spacial score (nSPS) is 19.4. The van der Waals surface area contributed by atoms with Crippen molar-refractivity contribution in [2.45, 2.75) is 39.2 Å². The summed E-state index contributed by atoms with van der Waals surface area (Å²) in [4.78, 5) is 25.7. The molecule has 1 saturated heterocycles. The molecule has 0 N–H and O–H groups in total. The zero-order chi connectivity index (χ0) is 14.0. The number of anilines is 1. The van der Waals surface area contributed by atoms with Gasteiger partial charge >= 0.3 is 5.97 Å². The number of piperidine rings is 1. The summed E-state index contributed by atoms with van der Waals surface area (Å²) in [7, 11) is 1.36. The summed E-state index contributed by atoms with van der Waals surface area (Å²) in [5.74, 6) is -0.343. The Morgan fingerprint density at radius 3 is 2.79 bits per heavy atom. The fourth-order valence-corrected chi connectivity index (χ4v) is 2.53. The number of hydrogen-bond acceptors (Lipinski definition) is 3. The zero-order valence-electron chi connectivity index (χ0n) is 11.6. The Morgan fingerprint density at radius 2 is 2.11 bits per heavy atom. The Kier molecular flexibility index (Phi) is 3.88. The zero-order valence-corrected chi connectivity index (χ0v) is 11.6. The molecule has 102 valence electrons. The Labute approximate surface area is 113 Å². The lowest BCUT2D eigenvalue weighted by Gasteiger charge is -2.35. The van der Waals surface area contributed by atoms with Crippen molar-refractivity contribution in [3.63, 3.8) is 0 Å². The molecular formula is C15H19NO3. The second-order valence-corrected chi connectivity index (χ2v) is 4.91. The summed E-state index contributed by atoms with van der Waals surface area (Å²) in [6.45, 7) is 3.97. The van der Waals surface area contributed by atoms with Crippen LogP contribution in [0.3, 0.4) is 0 Å². The number of methoxy groups -OCH3 is 1. The van der Waals surface area contributed by atoms with Crippen LogP contribution in [0.2, 0.25) is 0 Å². The number of aryl methyl sites for hydroxylation is 1. The Hall–Kier alpha value is -1.84. The highest BCUT2D eigenvalue weighted by atomic mass is 16.5. The molecule has 1 aliphatic heterocycles. The van der Waals surface area contributed by atoms with Crippen molar-refractivity contribution in [3.8, 4) is 0 Å². The summed E-state index contributed by atoms with van der Waals surface area (Å²) in [5.41, 5.74) is 2.96. The van der Waals surface area contributed by atoms with Gasteiger partial charge in [0.25, 0.3) is 0 Å². The molecular weight excluding hydrogens is 242 g/mol. The minimum atomic E-state index is -0.494. The quantitative estimate of drug-likeness (QED) is 0.768. The van der Waals surface area contributed by atoms with Crippen LogP contribution in [0.15, 0.2) is 18.2 Å². The second kappa shape index (κ2) is 5.43. The van der Waals surface area contributed by atoms with E-state index in [0.29, 0.717) is 12.8 Å². The number of amides is 1. The molecule has 0 radical (unpaired) electrons. The number of esters is 1. The van der Waals surface area contributed by atoms with Crippen molar-refractivity contribution >= 4 is 17.6 Å². The smallest absolute Gasteiger partial charge is 0.328 e. The van der Waals surface area contributed by atoms with Gasteiger partial charge in [0, 0.05) is 12.1 Å². The van der Waals surface area contributed by atoms with Crippen LogP contribution in [0.4, 0.5) is 5.69 Å². The van der Waals surface area contributed by atoms with Gasteiger partial charge in [0.05, 0.1) is 7.11 Å². The second-order valence-electron chi connectivity index (χ2n) is 4.91. The van der Waals surface area contributed by atoms with E-state index in [1.54, 1.807) is 4.90 Å². The van der Waals surface area contributed by atoms with E-state index in [1.165, 1.54) is 7.11 Å². The van der Waals surface area contributed by atoms with Gasteiger partial charge in [-0.1, -0.05) is 12.1 Å². The molecule has 0 aliphatic carbocycles. The summed E-state index contributed by atoms with van der Waals surface area (Å²) < 4.78 is 4.83. The highest BCUT2D eigenvalue weighted by Crippen LogP contribution is 2.30. The van der Waals surface area contributed by atoms with Crippen LogP contribution < -0.4 is 4.90 Å². The largest absolute Gasteiger partial charge is 0.467 e. The minimum Gasteiger partial charge on any atom is -0.467 e. The number of carbonyl (C=O) groups excluding carboxylic acids is 2. The molecule has 1 amide bonds. The van der Waals surface area contributed by atoms with E-state index in [1.807, 2.05) is 32.0 Å². The topological polar surface area (TPSA) is 46.6 Å². The molecule has 1 aromatic carbocycles. The molecule has 1 atom stereocenters. The molecule has 0 saturated carbocycles. The fourth-order valence-electron chi connectivity index (χ4n) is 2.53. The van der Waals surface area contributed by atoms with E-state index in [4.69, 9.17) is 4.74 Å². The van der Waals surface area contributed by atoms with Crippen LogP contribution in [0.1, 0.15) is 30.4 Å². The number of rotatable bonds is 2. The summed E-state index contributed by atoms with van der Waals surface area (Å²) in [6, 6.07) is 5.31. The first-order valence-electron chi connectivity index (χ1n) is 6.52. The van der Waals surface area contributed by atoms with Crippen molar-refractivity contribution < 1.29 is 14.3 Å². The standard InChI is InChI=1S/C15H19NO3/c1-10-6-4-7-12(11(10)2)16-13(15(18)19-3)8-5-9-14(16)17/h4,6-7,13H,5,8-9H2,1-3H3. The van der Waals surface area contributed by atoms with Gasteiger partial charge in [-0.25, -0.2) is 4.79 Å². The molecule has 2 rings (SSSR count). The van der Waals surface area contributed by atoms with E-state index >= 15 is 0 Å². The first kappa shape index (κ1) is 13.6. The molecule has 0 spiro atoms. The molecule has 4 heteroatoms. The maximum Gasteiger partial charge on any atom is 0.328 e. The molecule has 1 unspecified atom stereocenters. The number of nitrogens with zero attached hydrogens (tertiary/aromatic N) is 1. The first-order valence-corrected chi connectivity index (χ1v) is 6.52. The highest BCUT2D eigenvalue weighted by Gasteiger charge is 2.35. The highest BCUT2D eigenvalue weighted by molar-refractivity contribution is 6.01. The van der Waals surface area contributed by atoms with Crippen LogP contribution in [-0.2, 0) is 14.3 Å². The molecule has 0 bridgehead atoms. The van der Waals surface area contributed by atoms with Crippen LogP contribution in [0.5, 0.6) is 0 Å². The minimum absolute atomic E-state index is 0.00431. The molecule has 4 nitrogen and oxygen atoms in total. The Balaban J connectivity index is 2.45. The molecule has 1 heterocycles. The van der Waals surface area contributed by atoms with Crippen molar-refractivity contribution in [1.29, 1.82) is 0 Å². The fraction of sp³-hybridized carbons (Fsp3) is 0.467. The summed E-state index contributed by atoms with van der Waals surface area (Å²) in [5, 5.41) is 0.